The predicted octanol–water partition coefficient (Wildman–Crippen LogP) is 2.68. The number of rotatable bonds is 2. The van der Waals surface area contributed by atoms with Gasteiger partial charge in [-0.2, -0.15) is 0 Å². The van der Waals surface area contributed by atoms with E-state index in [0.717, 1.165) is 25.7 Å². The molecule has 29 heavy (non-hydrogen) atoms. The molecule has 0 spiro atoms. The van der Waals surface area contributed by atoms with Gasteiger partial charge in [0.1, 0.15) is 11.4 Å². The van der Waals surface area contributed by atoms with Crippen molar-refractivity contribution in [1.29, 1.82) is 0 Å². The maximum Gasteiger partial charge on any atom is 0.136 e. The molecule has 0 aromatic heterocycles. The van der Waals surface area contributed by atoms with Crippen LogP contribution >= 0.6 is 0 Å². The van der Waals surface area contributed by atoms with Crippen LogP contribution in [0.4, 0.5) is 0 Å². The molecule has 4 unspecified atom stereocenters. The average molecular weight is 409 g/mol. The van der Waals surface area contributed by atoms with Crippen molar-refractivity contribution in [1.82, 2.24) is 0 Å². The third-order valence-electron chi connectivity index (χ3n) is 11.2. The molecule has 0 bridgehead atoms. The van der Waals surface area contributed by atoms with Crippen LogP contribution in [0.25, 0.3) is 0 Å². The van der Waals surface area contributed by atoms with Gasteiger partial charge < -0.3 is 20.4 Å². The maximum atomic E-state index is 12.6. The lowest BCUT2D eigenvalue weighted by atomic mass is 9.37. The third-order valence-corrected chi connectivity index (χ3v) is 11.2. The Hall–Kier alpha value is -0.490. The number of carbonyl (C=O) groups excluding carboxylic acids is 1. The summed E-state index contributed by atoms with van der Waals surface area (Å²) >= 11 is 0. The van der Waals surface area contributed by atoms with Crippen LogP contribution in [0.1, 0.15) is 79.6 Å². The fourth-order valence-electron chi connectivity index (χ4n) is 9.02. The second kappa shape index (κ2) is 6.27. The van der Waals surface area contributed by atoms with E-state index in [1.165, 1.54) is 0 Å². The molecule has 0 heterocycles. The Bertz CT molecular complexity index is 705. The molecule has 0 aromatic rings. The van der Waals surface area contributed by atoms with Crippen molar-refractivity contribution in [2.75, 3.05) is 6.61 Å². The molecule has 4 aliphatic rings. The van der Waals surface area contributed by atoms with Crippen LogP contribution in [-0.4, -0.2) is 50.1 Å². The largest absolute Gasteiger partial charge is 0.396 e. The summed E-state index contributed by atoms with van der Waals surface area (Å²) in [5.41, 5.74) is -3.86. The first-order chi connectivity index (χ1) is 13.3. The van der Waals surface area contributed by atoms with Crippen LogP contribution in [-0.2, 0) is 4.79 Å². The van der Waals surface area contributed by atoms with Crippen LogP contribution < -0.4 is 0 Å². The molecule has 0 aromatic carbocycles. The maximum absolute atomic E-state index is 12.6. The first-order valence-corrected chi connectivity index (χ1v) is 11.5. The van der Waals surface area contributed by atoms with Gasteiger partial charge >= 0.3 is 0 Å². The molecule has 4 fully saturated rings. The van der Waals surface area contributed by atoms with Crippen LogP contribution in [0, 0.1) is 39.9 Å². The summed E-state index contributed by atoms with van der Waals surface area (Å²) in [6, 6.07) is 0. The van der Waals surface area contributed by atoms with E-state index < -0.39 is 22.7 Å². The summed E-state index contributed by atoms with van der Waals surface area (Å²) in [6.07, 6.45) is 4.08. The van der Waals surface area contributed by atoms with Gasteiger partial charge in [-0.1, -0.05) is 20.8 Å². The average Bonchev–Trinajstić information content (AvgIpc) is 2.90. The Morgan fingerprint density at radius 1 is 1.00 bits per heavy atom. The number of hydrogen-bond donors (Lipinski definition) is 4. The minimum absolute atomic E-state index is 0.0925. The quantitative estimate of drug-likeness (QED) is 0.563. The standard InChI is InChI=1S/C24H40O5/c1-14(26)20(2)8-6-18-17-12-22(4,28)24(29)11-16(27)10-15(13-25)23(24,5)19(17)7-9-21(18,20)3/h15-19,25,27-29H,6-13H2,1-5H3/t15?,16?,17-,18-,19-,20+,21-,22?,23+,24?/m0/s1. The molecule has 0 radical (unpaired) electrons. The lowest BCUT2D eigenvalue weighted by molar-refractivity contribution is -0.319. The highest BCUT2D eigenvalue weighted by Gasteiger charge is 2.74. The molecule has 0 saturated heterocycles. The van der Waals surface area contributed by atoms with Gasteiger partial charge in [0.15, 0.2) is 0 Å². The summed E-state index contributed by atoms with van der Waals surface area (Å²) in [6.45, 7) is 9.80. The van der Waals surface area contributed by atoms with E-state index in [1.807, 2.05) is 6.92 Å². The number of Topliss-reactive ketones (excluding diaryl/α,β-unsaturated/α-hetero) is 1. The van der Waals surface area contributed by atoms with Crippen LogP contribution in [0.3, 0.4) is 0 Å². The van der Waals surface area contributed by atoms with Gasteiger partial charge in [-0.3, -0.25) is 4.79 Å². The molecule has 4 saturated carbocycles. The minimum atomic E-state index is -1.43. The molecule has 4 N–H and O–H groups in total. The van der Waals surface area contributed by atoms with Crippen molar-refractivity contribution in [3.63, 3.8) is 0 Å². The van der Waals surface area contributed by atoms with E-state index in [0.29, 0.717) is 18.8 Å². The Morgan fingerprint density at radius 2 is 1.62 bits per heavy atom. The zero-order valence-corrected chi connectivity index (χ0v) is 18.7. The van der Waals surface area contributed by atoms with Crippen LogP contribution in [0.2, 0.25) is 0 Å². The summed E-state index contributed by atoms with van der Waals surface area (Å²) in [4.78, 5) is 12.6. The van der Waals surface area contributed by atoms with Crippen molar-refractivity contribution in [3.8, 4) is 0 Å². The zero-order valence-electron chi connectivity index (χ0n) is 18.7. The number of aliphatic hydroxyl groups is 4. The van der Waals surface area contributed by atoms with Gasteiger partial charge in [-0.25, -0.2) is 0 Å². The normalized spacial score (nSPS) is 59.6. The van der Waals surface area contributed by atoms with Crippen LogP contribution in [0.5, 0.6) is 0 Å². The summed E-state index contributed by atoms with van der Waals surface area (Å²) in [5.74, 6) is 0.721. The topological polar surface area (TPSA) is 98.0 Å². The molecule has 0 aliphatic heterocycles. The number of carbonyl (C=O) groups is 1. The second-order valence-corrected chi connectivity index (χ2v) is 11.9. The number of hydrogen-bond acceptors (Lipinski definition) is 5. The lowest BCUT2D eigenvalue weighted by Gasteiger charge is -2.70. The monoisotopic (exact) mass is 408 g/mol. The smallest absolute Gasteiger partial charge is 0.136 e. The van der Waals surface area contributed by atoms with E-state index >= 15 is 0 Å². The first-order valence-electron chi connectivity index (χ1n) is 11.5. The minimum Gasteiger partial charge on any atom is -0.396 e. The molecule has 4 aliphatic carbocycles. The van der Waals surface area contributed by atoms with Gasteiger partial charge in [0.25, 0.3) is 0 Å². The molecular formula is C24H40O5. The Morgan fingerprint density at radius 3 is 2.21 bits per heavy atom. The number of aliphatic hydroxyl groups excluding tert-OH is 2. The van der Waals surface area contributed by atoms with E-state index in [9.17, 15) is 25.2 Å². The highest BCUT2D eigenvalue weighted by atomic mass is 16.4. The SMILES string of the molecule is CC(=O)[C@@]1(C)CC[C@H]2[C@@H]3CC(C)(O)C4(O)CC(O)CC(CO)[C@]4(C)[C@H]3CC[C@@]21C. The van der Waals surface area contributed by atoms with E-state index in [1.54, 1.807) is 13.8 Å². The zero-order chi connectivity index (χ0) is 21.6. The summed E-state index contributed by atoms with van der Waals surface area (Å²) in [7, 11) is 0. The fraction of sp³-hybridized carbons (Fsp3) is 0.958. The van der Waals surface area contributed by atoms with Crippen LogP contribution in [0.15, 0.2) is 0 Å². The Labute approximate surface area is 174 Å². The van der Waals surface area contributed by atoms with Gasteiger partial charge in [-0.15, -0.1) is 0 Å². The molecular weight excluding hydrogens is 368 g/mol. The lowest BCUT2D eigenvalue weighted by Crippen LogP contribution is -2.75. The molecule has 4 rings (SSSR count). The molecule has 10 atom stereocenters. The molecule has 5 heteroatoms. The number of fused-ring (bicyclic) bond motifs is 5. The summed E-state index contributed by atoms with van der Waals surface area (Å²) in [5, 5.41) is 44.2. The highest BCUT2D eigenvalue weighted by molar-refractivity contribution is 5.83. The first kappa shape index (κ1) is 21.7. The number of ketones is 1. The van der Waals surface area contributed by atoms with Gasteiger partial charge in [0.05, 0.1) is 11.7 Å². The predicted molar refractivity (Wildman–Crippen MR) is 110 cm³/mol. The highest BCUT2D eigenvalue weighted by Crippen LogP contribution is 2.73. The molecule has 166 valence electrons. The van der Waals surface area contributed by atoms with Crippen molar-refractivity contribution >= 4 is 5.78 Å². The van der Waals surface area contributed by atoms with Gasteiger partial charge in [0.2, 0.25) is 0 Å². The van der Waals surface area contributed by atoms with Gasteiger partial charge in [0, 0.05) is 23.9 Å². The van der Waals surface area contributed by atoms with Crippen molar-refractivity contribution in [3.05, 3.63) is 0 Å². The van der Waals surface area contributed by atoms with Gasteiger partial charge in [-0.05, 0) is 81.5 Å². The second-order valence-electron chi connectivity index (χ2n) is 11.9. The van der Waals surface area contributed by atoms with Crippen molar-refractivity contribution in [2.24, 2.45) is 39.9 Å². The fourth-order valence-corrected chi connectivity index (χ4v) is 9.02. The van der Waals surface area contributed by atoms with E-state index in [4.69, 9.17) is 0 Å². The van der Waals surface area contributed by atoms with Crippen molar-refractivity contribution in [2.45, 2.75) is 96.9 Å². The van der Waals surface area contributed by atoms with E-state index in [-0.39, 0.29) is 47.4 Å². The molecule has 0 amide bonds. The Balaban J connectivity index is 1.81. The summed E-state index contributed by atoms with van der Waals surface area (Å²) < 4.78 is 0. The van der Waals surface area contributed by atoms with Crippen molar-refractivity contribution < 1.29 is 25.2 Å². The molecule has 5 nitrogen and oxygen atoms in total. The Kier molecular flexibility index (Phi) is 4.70. The van der Waals surface area contributed by atoms with E-state index in [2.05, 4.69) is 13.8 Å². The third kappa shape index (κ3) is 2.39.